The summed E-state index contributed by atoms with van der Waals surface area (Å²) in [5.74, 6) is -1.24. The molecule has 5 aromatic carbocycles. The van der Waals surface area contributed by atoms with Gasteiger partial charge in [0.15, 0.2) is 0 Å². The molecule has 0 aliphatic rings. The molecular weight excluding hydrogens is 534 g/mol. The van der Waals surface area contributed by atoms with E-state index in [9.17, 15) is 20.0 Å². The van der Waals surface area contributed by atoms with Gasteiger partial charge in [0, 0.05) is 24.7 Å². The van der Waals surface area contributed by atoms with Crippen LogP contribution in [0, 0.1) is 11.3 Å². The van der Waals surface area contributed by atoms with Crippen molar-refractivity contribution < 1.29 is 14.7 Å². The Hall–Kier alpha value is -5.93. The highest BCUT2D eigenvalue weighted by atomic mass is 16.4. The molecule has 6 nitrogen and oxygen atoms in total. The number of hydrogen-bond acceptors (Lipinski definition) is 3. The van der Waals surface area contributed by atoms with Crippen molar-refractivity contribution in [2.24, 2.45) is 0 Å². The van der Waals surface area contributed by atoms with Crippen LogP contribution in [0.5, 0.6) is 0 Å². The summed E-state index contributed by atoms with van der Waals surface area (Å²) < 4.78 is 2.09. The Labute approximate surface area is 249 Å². The second kappa shape index (κ2) is 11.9. The average Bonchev–Trinajstić information content (AvgIpc) is 3.46. The van der Waals surface area contributed by atoms with Crippen molar-refractivity contribution in [1.82, 2.24) is 9.88 Å². The number of carboxylic acids is 1. The Morgan fingerprint density at radius 1 is 0.721 bits per heavy atom. The van der Waals surface area contributed by atoms with Crippen LogP contribution in [0.3, 0.4) is 0 Å². The first-order chi connectivity index (χ1) is 21.0. The third-order valence-corrected chi connectivity index (χ3v) is 7.47. The van der Waals surface area contributed by atoms with Gasteiger partial charge in [-0.05, 0) is 81.9 Å². The number of benzene rings is 5. The molecule has 0 bridgehead atoms. The van der Waals surface area contributed by atoms with Crippen LogP contribution in [-0.2, 0) is 13.1 Å². The minimum atomic E-state index is -0.995. The Morgan fingerprint density at radius 2 is 1.44 bits per heavy atom. The van der Waals surface area contributed by atoms with E-state index >= 15 is 0 Å². The minimum Gasteiger partial charge on any atom is -0.478 e. The highest BCUT2D eigenvalue weighted by Gasteiger charge is 2.17. The molecule has 0 saturated heterocycles. The lowest BCUT2D eigenvalue weighted by atomic mass is 9.98. The van der Waals surface area contributed by atoms with Crippen molar-refractivity contribution in [3.63, 3.8) is 0 Å². The van der Waals surface area contributed by atoms with Crippen LogP contribution in [0.4, 0.5) is 0 Å². The maximum absolute atomic E-state index is 13.8. The fourth-order valence-electron chi connectivity index (χ4n) is 5.31. The first-order valence-corrected chi connectivity index (χ1v) is 13.9. The molecule has 0 fully saturated rings. The molecule has 1 amide bonds. The molecule has 0 saturated carbocycles. The van der Waals surface area contributed by atoms with E-state index < -0.39 is 5.97 Å². The molecule has 6 rings (SSSR count). The predicted molar refractivity (Wildman–Crippen MR) is 168 cm³/mol. The van der Waals surface area contributed by atoms with E-state index in [1.165, 1.54) is 12.1 Å². The van der Waals surface area contributed by atoms with Crippen molar-refractivity contribution in [3.05, 3.63) is 155 Å². The zero-order valence-corrected chi connectivity index (χ0v) is 23.2. The van der Waals surface area contributed by atoms with E-state index in [0.717, 1.165) is 44.3 Å². The molecule has 0 atom stereocenters. The number of nitrogens with zero attached hydrogens (tertiary/aromatic N) is 2. The highest BCUT2D eigenvalue weighted by molar-refractivity contribution is 6.08. The largest absolute Gasteiger partial charge is 0.478 e. The van der Waals surface area contributed by atoms with Crippen molar-refractivity contribution in [3.8, 4) is 28.3 Å². The SMILES string of the molecule is N#Cc1cccc(-c2cc(C(=O)NCc3ccc(C(=O)O)cc3)c3c(ccn3Cc3cccc(-c4ccccc4)c3)c2)c1. The average molecular weight is 562 g/mol. The van der Waals surface area contributed by atoms with Crippen molar-refractivity contribution in [1.29, 1.82) is 5.26 Å². The quantitative estimate of drug-likeness (QED) is 0.201. The van der Waals surface area contributed by atoms with E-state index in [0.29, 0.717) is 17.7 Å². The molecule has 6 aromatic rings. The van der Waals surface area contributed by atoms with E-state index in [-0.39, 0.29) is 18.0 Å². The van der Waals surface area contributed by atoms with E-state index in [1.54, 1.807) is 18.2 Å². The number of fused-ring (bicyclic) bond motifs is 1. The van der Waals surface area contributed by atoms with Crippen LogP contribution in [0.25, 0.3) is 33.2 Å². The Morgan fingerprint density at radius 3 is 2.19 bits per heavy atom. The standard InChI is InChI=1S/C37H27N3O3/c38-22-26-6-4-11-31(18-26)33-20-32-16-17-40(24-27-7-5-10-30(19-27)28-8-2-1-3-9-28)35(32)34(21-33)36(41)39-23-25-12-14-29(15-13-25)37(42)43/h1-21H,23-24H2,(H,39,41)(H,42,43). The highest BCUT2D eigenvalue weighted by Crippen LogP contribution is 2.30. The molecule has 0 radical (unpaired) electrons. The molecule has 1 aromatic heterocycles. The lowest BCUT2D eigenvalue weighted by molar-refractivity contribution is 0.0696. The van der Waals surface area contributed by atoms with Gasteiger partial charge in [-0.3, -0.25) is 4.79 Å². The molecule has 0 unspecified atom stereocenters. The van der Waals surface area contributed by atoms with Gasteiger partial charge < -0.3 is 15.0 Å². The topological polar surface area (TPSA) is 95.1 Å². The monoisotopic (exact) mass is 561 g/mol. The van der Waals surface area contributed by atoms with E-state index in [1.807, 2.05) is 66.9 Å². The maximum Gasteiger partial charge on any atom is 0.335 e. The molecule has 1 heterocycles. The summed E-state index contributed by atoms with van der Waals surface area (Å²) in [4.78, 5) is 25.0. The zero-order valence-electron chi connectivity index (χ0n) is 23.2. The number of carbonyl (C=O) groups is 2. The number of nitriles is 1. The molecule has 6 heteroatoms. The Balaban J connectivity index is 1.37. The van der Waals surface area contributed by atoms with Crippen LogP contribution in [0.1, 0.15) is 37.4 Å². The number of carbonyl (C=O) groups excluding carboxylic acids is 1. The van der Waals surface area contributed by atoms with Gasteiger partial charge >= 0.3 is 5.97 Å². The normalized spacial score (nSPS) is 10.8. The fraction of sp³-hybridized carbons (Fsp3) is 0.0541. The molecule has 43 heavy (non-hydrogen) atoms. The zero-order chi connectivity index (χ0) is 29.8. The van der Waals surface area contributed by atoms with Gasteiger partial charge in [0.2, 0.25) is 0 Å². The second-order valence-corrected chi connectivity index (χ2v) is 10.3. The Bertz CT molecular complexity index is 2000. The summed E-state index contributed by atoms with van der Waals surface area (Å²) in [6.45, 7) is 0.818. The summed E-state index contributed by atoms with van der Waals surface area (Å²) in [6.07, 6.45) is 2.00. The number of aromatic carboxylic acids is 1. The van der Waals surface area contributed by atoms with Crippen molar-refractivity contribution in [2.45, 2.75) is 13.1 Å². The predicted octanol–water partition coefficient (Wildman–Crippen LogP) is 7.52. The molecule has 208 valence electrons. The number of aromatic nitrogens is 1. The third kappa shape index (κ3) is 5.92. The lowest BCUT2D eigenvalue weighted by Gasteiger charge is -2.14. The van der Waals surface area contributed by atoms with Crippen LogP contribution < -0.4 is 5.32 Å². The molecule has 0 aliphatic heterocycles. The molecule has 0 aliphatic carbocycles. The molecular formula is C37H27N3O3. The van der Waals surface area contributed by atoms with Crippen LogP contribution in [0.2, 0.25) is 0 Å². The van der Waals surface area contributed by atoms with Gasteiger partial charge in [-0.15, -0.1) is 0 Å². The van der Waals surface area contributed by atoms with Crippen LogP contribution in [0.15, 0.2) is 128 Å². The molecule has 2 N–H and O–H groups in total. The van der Waals surface area contributed by atoms with Gasteiger partial charge in [0.1, 0.15) is 0 Å². The van der Waals surface area contributed by atoms with E-state index in [4.69, 9.17) is 0 Å². The first kappa shape index (κ1) is 27.3. The van der Waals surface area contributed by atoms with Crippen molar-refractivity contribution >= 4 is 22.8 Å². The number of nitrogens with one attached hydrogen (secondary N) is 1. The number of rotatable bonds is 8. The number of amides is 1. The number of carboxylic acid groups (broad SMARTS) is 1. The summed E-state index contributed by atoms with van der Waals surface area (Å²) in [5.41, 5.74) is 7.92. The fourth-order valence-corrected chi connectivity index (χ4v) is 5.31. The van der Waals surface area contributed by atoms with Gasteiger partial charge in [-0.25, -0.2) is 4.79 Å². The molecule has 0 spiro atoms. The number of hydrogen-bond donors (Lipinski definition) is 2. The summed E-state index contributed by atoms with van der Waals surface area (Å²) in [7, 11) is 0. The Kier molecular flexibility index (Phi) is 7.54. The third-order valence-electron chi connectivity index (χ3n) is 7.47. The second-order valence-electron chi connectivity index (χ2n) is 10.3. The van der Waals surface area contributed by atoms with Gasteiger partial charge in [-0.1, -0.05) is 72.8 Å². The minimum absolute atomic E-state index is 0.193. The summed E-state index contributed by atoms with van der Waals surface area (Å²) in [5, 5.41) is 22.6. The van der Waals surface area contributed by atoms with Crippen molar-refractivity contribution in [2.75, 3.05) is 0 Å². The smallest absolute Gasteiger partial charge is 0.335 e. The van der Waals surface area contributed by atoms with Gasteiger partial charge in [-0.2, -0.15) is 5.26 Å². The lowest BCUT2D eigenvalue weighted by Crippen LogP contribution is -2.23. The van der Waals surface area contributed by atoms with Crippen LogP contribution >= 0.6 is 0 Å². The van der Waals surface area contributed by atoms with Gasteiger partial charge in [0.25, 0.3) is 5.91 Å². The van der Waals surface area contributed by atoms with Gasteiger partial charge in [0.05, 0.1) is 28.3 Å². The maximum atomic E-state index is 13.8. The van der Waals surface area contributed by atoms with E-state index in [2.05, 4.69) is 46.3 Å². The van der Waals surface area contributed by atoms with Crippen LogP contribution in [-0.4, -0.2) is 21.6 Å². The summed E-state index contributed by atoms with van der Waals surface area (Å²) >= 11 is 0. The summed E-state index contributed by atoms with van der Waals surface area (Å²) in [6, 6.07) is 40.5. The first-order valence-electron chi connectivity index (χ1n) is 13.9.